The molecule has 0 radical (unpaired) electrons. The second-order valence-electron chi connectivity index (χ2n) is 11.8. The third-order valence-electron chi connectivity index (χ3n) is 8.63. The van der Waals surface area contributed by atoms with Gasteiger partial charge in [-0.2, -0.15) is 0 Å². The monoisotopic (exact) mass is 748 g/mol. The number of fused-ring (bicyclic) bond motifs is 7. The van der Waals surface area contributed by atoms with Gasteiger partial charge in [0, 0.05) is 16.8 Å². The van der Waals surface area contributed by atoms with Crippen molar-refractivity contribution in [2.75, 3.05) is 4.90 Å². The summed E-state index contributed by atoms with van der Waals surface area (Å²) >= 11 is 0. The highest BCUT2D eigenvalue weighted by atomic mass is 16.3. The van der Waals surface area contributed by atoms with E-state index in [2.05, 4.69) is 0 Å². The molecule has 0 saturated carbocycles. The zero-order chi connectivity index (χ0) is 67.5. The molecule has 0 aliphatic carbocycles. The average molecular weight is 749 g/mol. The van der Waals surface area contributed by atoms with E-state index in [-0.39, 0.29) is 0 Å². The van der Waals surface area contributed by atoms with Gasteiger partial charge < -0.3 is 9.32 Å². The minimum absolute atomic E-state index is 0.360. The fourth-order valence-corrected chi connectivity index (χ4v) is 6.12. The van der Waals surface area contributed by atoms with Crippen LogP contribution in [0.15, 0.2) is 216 Å². The number of para-hydroxylation sites is 1. The van der Waals surface area contributed by atoms with Crippen LogP contribution in [0, 0.1) is 0 Å². The van der Waals surface area contributed by atoms with E-state index in [1.165, 1.54) is 0 Å². The molecule has 262 valence electrons. The molecule has 11 aromatic rings. The van der Waals surface area contributed by atoms with Crippen LogP contribution in [0.4, 0.5) is 17.1 Å². The van der Waals surface area contributed by atoms with E-state index in [4.69, 9.17) is 34.6 Å². The van der Waals surface area contributed by atoms with Gasteiger partial charge in [0.05, 0.1) is 59.1 Å². The molecular formula is C54H35NO. The summed E-state index contributed by atoms with van der Waals surface area (Å²) in [5.74, 6) is 0. The summed E-state index contributed by atoms with van der Waals surface area (Å²) in [5.41, 5.74) is -10.5. The summed E-state index contributed by atoms with van der Waals surface area (Å²) in [6.45, 7) is 0. The van der Waals surface area contributed by atoms with Gasteiger partial charge in [0.2, 0.25) is 0 Å². The van der Waals surface area contributed by atoms with E-state index in [9.17, 15) is 17.8 Å². The third kappa shape index (κ3) is 5.34. The molecule has 1 aromatic heterocycles. The molecule has 10 aromatic carbocycles. The summed E-state index contributed by atoms with van der Waals surface area (Å²) in [7, 11) is 0. The Kier molecular flexibility index (Phi) is 2.95. The highest BCUT2D eigenvalue weighted by Crippen LogP contribution is 2.44. The Morgan fingerprint density at radius 2 is 0.804 bits per heavy atom. The van der Waals surface area contributed by atoms with Crippen molar-refractivity contribution in [2.45, 2.75) is 0 Å². The molecule has 56 heavy (non-hydrogen) atoms. The molecule has 2 heteroatoms. The molecule has 0 bridgehead atoms. The summed E-state index contributed by atoms with van der Waals surface area (Å²) in [4.78, 5) is 0.360. The van der Waals surface area contributed by atoms with Gasteiger partial charge in [-0.1, -0.05) is 169 Å². The maximum Gasteiger partial charge on any atom is 0.137 e. The first-order chi connectivity index (χ1) is 42.4. The Morgan fingerprint density at radius 3 is 1.54 bits per heavy atom. The van der Waals surface area contributed by atoms with Crippen LogP contribution in [-0.4, -0.2) is 0 Å². The van der Waals surface area contributed by atoms with Gasteiger partial charge in [0.1, 0.15) is 11.2 Å². The van der Waals surface area contributed by atoms with Gasteiger partial charge in [0.15, 0.2) is 0 Å². The standard InChI is InChI=1S/C54H35NO/c1-3-13-44-38(10-1)12-7-16-45(44)41-28-33-43(34-29-41)55(51-19-9-21-53-54(51)50-15-5-6-20-52(50)56-53)42-31-26-37(27-32-42)36-22-24-40(25-23-36)47-17-8-18-48-46-14-4-2-11-39(46)30-35-49(47)48/h1-35H/i1D,2D,3D,4D,5D,6D,7D,8D,9D,10D,11D,12D,13D,14D,15D,16D,17D,18D,19D,20D,21D,22D,23D,24D,25D,26D,27D,28D,29D,30D,31D,32D,33D,34D,35D. The van der Waals surface area contributed by atoms with Gasteiger partial charge in [-0.05, 0) is 108 Å². The molecule has 0 N–H and O–H groups in total. The fourth-order valence-electron chi connectivity index (χ4n) is 6.12. The predicted octanol–water partition coefficient (Wildman–Crippen LogP) is 15.5. The molecule has 2 nitrogen and oxygen atoms in total. The van der Waals surface area contributed by atoms with Gasteiger partial charge >= 0.3 is 0 Å². The Balaban J connectivity index is 1.27. The summed E-state index contributed by atoms with van der Waals surface area (Å²) in [6.07, 6.45) is 0. The quantitative estimate of drug-likeness (QED) is 0.157. The second kappa shape index (κ2) is 13.2. The van der Waals surface area contributed by atoms with Crippen molar-refractivity contribution in [3.8, 4) is 33.4 Å². The summed E-state index contributed by atoms with van der Waals surface area (Å²) in [6, 6.07) is -36.7. The van der Waals surface area contributed by atoms with Crippen molar-refractivity contribution >= 4 is 71.3 Å². The lowest BCUT2D eigenvalue weighted by atomic mass is 9.93. The zero-order valence-electron chi connectivity index (χ0n) is 62.9. The lowest BCUT2D eigenvalue weighted by Gasteiger charge is -2.26. The average Bonchev–Trinajstić information content (AvgIpc) is 1.50. The van der Waals surface area contributed by atoms with Crippen LogP contribution in [0.3, 0.4) is 0 Å². The molecule has 11 rings (SSSR count). The zero-order valence-corrected chi connectivity index (χ0v) is 27.9. The van der Waals surface area contributed by atoms with Crippen molar-refractivity contribution in [1.82, 2.24) is 0 Å². The van der Waals surface area contributed by atoms with E-state index in [1.807, 2.05) is 0 Å². The van der Waals surface area contributed by atoms with E-state index in [0.717, 1.165) is 0 Å². The van der Waals surface area contributed by atoms with Crippen LogP contribution < -0.4 is 4.90 Å². The molecule has 0 atom stereocenters. The number of anilines is 3. The van der Waals surface area contributed by atoms with Crippen LogP contribution in [0.2, 0.25) is 0 Å². The first-order valence-electron chi connectivity index (χ1n) is 33.8. The lowest BCUT2D eigenvalue weighted by Crippen LogP contribution is -2.10. The number of nitrogens with zero attached hydrogens (tertiary/aromatic N) is 1. The molecule has 0 unspecified atom stereocenters. The normalized spacial score (nSPS) is 20.3. The van der Waals surface area contributed by atoms with Crippen LogP contribution in [0.25, 0.3) is 87.6 Å². The van der Waals surface area contributed by atoms with Gasteiger partial charge in [-0.15, -0.1) is 0 Å². The SMILES string of the molecule is [2H]c1c([2H])c(-c2c([2H])c([2H])c([2H])c3c2c([2H])c([2H])c2c([2H])c([2H])c([2H])c([2H])c23)c([2H])c([2H])c1-c1c([2H])c([2H])c(N(c2c([2H])c([2H])c(-c3c([2H])c([2H])c([2H])c4c([2H])c([2H])c([2H])c([2H])c34)c([2H])c2[2H])c2c([2H])c([2H])c([2H])c3oc4c([2H])c([2H])c([2H])c([2H])c4c23)c([2H])c1[2H]. The van der Waals surface area contributed by atoms with Gasteiger partial charge in [-0.25, -0.2) is 0 Å². The van der Waals surface area contributed by atoms with E-state index in [1.54, 1.807) is 0 Å². The number of hydrogen-bond donors (Lipinski definition) is 0. The molecule has 0 saturated heterocycles. The van der Waals surface area contributed by atoms with Crippen LogP contribution in [0.5, 0.6) is 0 Å². The molecular weight excluding hydrogens is 679 g/mol. The van der Waals surface area contributed by atoms with Gasteiger partial charge in [-0.3, -0.25) is 0 Å². The Bertz CT molecular complexity index is 5210. The maximum absolute atomic E-state index is 9.77. The van der Waals surface area contributed by atoms with E-state index >= 15 is 0 Å². The molecule has 0 fully saturated rings. The third-order valence-corrected chi connectivity index (χ3v) is 8.63. The van der Waals surface area contributed by atoms with Crippen LogP contribution in [-0.2, 0) is 0 Å². The first-order valence-corrected chi connectivity index (χ1v) is 16.3. The summed E-state index contributed by atoms with van der Waals surface area (Å²) < 4.78 is 322. The molecule has 1 heterocycles. The van der Waals surface area contributed by atoms with Crippen molar-refractivity contribution in [1.29, 1.82) is 0 Å². The Hall–Kier alpha value is -7.42. The van der Waals surface area contributed by atoms with Crippen LogP contribution in [0.1, 0.15) is 48.0 Å². The van der Waals surface area contributed by atoms with Crippen molar-refractivity contribution in [2.24, 2.45) is 0 Å². The number of hydrogen-bond acceptors (Lipinski definition) is 2. The highest BCUT2D eigenvalue weighted by Gasteiger charge is 2.20. The molecule has 0 amide bonds. The number of rotatable bonds is 6. The Morgan fingerprint density at radius 1 is 0.321 bits per heavy atom. The van der Waals surface area contributed by atoms with Crippen molar-refractivity contribution in [3.05, 3.63) is 211 Å². The van der Waals surface area contributed by atoms with Crippen molar-refractivity contribution < 1.29 is 52.4 Å². The van der Waals surface area contributed by atoms with Crippen molar-refractivity contribution in [3.63, 3.8) is 0 Å². The van der Waals surface area contributed by atoms with E-state index in [0.29, 0.717) is 4.90 Å². The minimum atomic E-state index is -1.36. The first kappa shape index (κ1) is 12.6. The van der Waals surface area contributed by atoms with Gasteiger partial charge in [0.25, 0.3) is 0 Å². The minimum Gasteiger partial charge on any atom is -0.456 e. The highest BCUT2D eigenvalue weighted by molar-refractivity contribution is 6.14. The summed E-state index contributed by atoms with van der Waals surface area (Å²) in [5, 5.41) is -5.17. The second-order valence-corrected chi connectivity index (χ2v) is 11.8. The fraction of sp³-hybridized carbons (Fsp3) is 0. The number of benzene rings is 10. The van der Waals surface area contributed by atoms with Crippen LogP contribution >= 0.6 is 0 Å². The predicted molar refractivity (Wildman–Crippen MR) is 237 cm³/mol. The van der Waals surface area contributed by atoms with E-state index < -0.39 is 316 Å². The molecule has 0 aliphatic rings. The number of furan rings is 1. The lowest BCUT2D eigenvalue weighted by molar-refractivity contribution is 0.669. The maximum atomic E-state index is 9.77. The largest absolute Gasteiger partial charge is 0.456 e. The smallest absolute Gasteiger partial charge is 0.137 e. The molecule has 0 aliphatic heterocycles. The Labute approximate surface area is 374 Å². The molecule has 0 spiro atoms. The topological polar surface area (TPSA) is 16.4 Å².